The van der Waals surface area contributed by atoms with Crippen LogP contribution in [0.5, 0.6) is 5.75 Å². The lowest BCUT2D eigenvalue weighted by molar-refractivity contribution is 0.306. The van der Waals surface area contributed by atoms with Crippen LogP contribution in [0.4, 0.5) is 8.78 Å². The van der Waals surface area contributed by atoms with Gasteiger partial charge < -0.3 is 4.74 Å². The fraction of sp³-hybridized carbons (Fsp3) is 0.478. The van der Waals surface area contributed by atoms with Crippen molar-refractivity contribution < 1.29 is 13.5 Å². The number of benzene rings is 2. The number of ether oxygens (including phenoxy) is 1. The van der Waals surface area contributed by atoms with E-state index >= 15 is 0 Å². The molecule has 2 aromatic rings. The normalized spacial score (nSPS) is 12.2. The zero-order valence-corrected chi connectivity index (χ0v) is 15.8. The minimum atomic E-state index is -0.690. The Kier molecular flexibility index (Phi) is 6.29. The summed E-state index contributed by atoms with van der Waals surface area (Å²) in [7, 11) is 0. The van der Waals surface area contributed by atoms with Gasteiger partial charge in [-0.15, -0.1) is 0 Å². The number of fused-ring (bicyclic) bond motifs is 3. The van der Waals surface area contributed by atoms with E-state index in [1.807, 2.05) is 24.3 Å². The van der Waals surface area contributed by atoms with Gasteiger partial charge in [0, 0.05) is 5.56 Å². The molecule has 0 saturated heterocycles. The Hall–Kier alpha value is -1.90. The molecule has 0 bridgehead atoms. The van der Waals surface area contributed by atoms with Crippen LogP contribution >= 0.6 is 0 Å². The molecule has 0 N–H and O–H groups in total. The fourth-order valence-corrected chi connectivity index (χ4v) is 3.71. The first-order valence-electron chi connectivity index (χ1n) is 9.91. The van der Waals surface area contributed by atoms with Gasteiger partial charge in [-0.2, -0.15) is 0 Å². The monoisotopic (exact) mass is 358 g/mol. The summed E-state index contributed by atoms with van der Waals surface area (Å²) in [4.78, 5) is 0. The topological polar surface area (TPSA) is 9.23 Å². The van der Waals surface area contributed by atoms with Gasteiger partial charge in [0.1, 0.15) is 5.75 Å². The second-order valence-electron chi connectivity index (χ2n) is 7.21. The van der Waals surface area contributed by atoms with Crippen LogP contribution in [0, 0.1) is 11.6 Å². The first-order valence-corrected chi connectivity index (χ1v) is 9.91. The van der Waals surface area contributed by atoms with Crippen molar-refractivity contribution in [1.82, 2.24) is 0 Å². The summed E-state index contributed by atoms with van der Waals surface area (Å²) in [5, 5.41) is 0. The zero-order chi connectivity index (χ0) is 18.5. The summed E-state index contributed by atoms with van der Waals surface area (Å²) in [5.41, 5.74) is 3.68. The van der Waals surface area contributed by atoms with Crippen molar-refractivity contribution in [2.45, 2.75) is 65.2 Å². The Morgan fingerprint density at radius 2 is 1.65 bits per heavy atom. The van der Waals surface area contributed by atoms with Crippen molar-refractivity contribution in [2.75, 3.05) is 6.61 Å². The van der Waals surface area contributed by atoms with Gasteiger partial charge in [-0.1, -0.05) is 51.7 Å². The minimum absolute atomic E-state index is 0.439. The third kappa shape index (κ3) is 3.92. The van der Waals surface area contributed by atoms with Crippen LogP contribution in [0.1, 0.15) is 69.1 Å². The third-order valence-corrected chi connectivity index (χ3v) is 5.16. The predicted molar refractivity (Wildman–Crippen MR) is 103 cm³/mol. The van der Waals surface area contributed by atoms with E-state index in [-0.39, 0.29) is 0 Å². The molecule has 3 heteroatoms. The molecule has 1 nitrogen and oxygen atoms in total. The maximum absolute atomic E-state index is 14.7. The molecule has 0 aromatic heterocycles. The van der Waals surface area contributed by atoms with Gasteiger partial charge in [0.25, 0.3) is 0 Å². The summed E-state index contributed by atoms with van der Waals surface area (Å²) in [5.74, 6) is -0.548. The summed E-state index contributed by atoms with van der Waals surface area (Å²) in [6.45, 7) is 4.97. The van der Waals surface area contributed by atoms with E-state index in [4.69, 9.17) is 4.74 Å². The number of unbranched alkanes of at least 4 members (excludes halogenated alkanes) is 4. The summed E-state index contributed by atoms with van der Waals surface area (Å²) < 4.78 is 35.0. The standard InChI is InChI=1S/C23H28F2O/c1-3-5-7-9-16-13-18-14-17-15-19(26-12-8-6-4-2)10-11-20(17)21(18)23(25)22(16)24/h10-11,13,15H,3-9,12,14H2,1-2H3. The maximum atomic E-state index is 14.7. The van der Waals surface area contributed by atoms with Gasteiger partial charge in [-0.25, -0.2) is 8.78 Å². The average molecular weight is 358 g/mol. The molecule has 26 heavy (non-hydrogen) atoms. The predicted octanol–water partition coefficient (Wildman–Crippen LogP) is 6.84. The molecular weight excluding hydrogens is 330 g/mol. The van der Waals surface area contributed by atoms with Crippen molar-refractivity contribution in [1.29, 1.82) is 0 Å². The Morgan fingerprint density at radius 1 is 0.885 bits per heavy atom. The molecule has 1 aliphatic rings. The second kappa shape index (κ2) is 8.66. The van der Waals surface area contributed by atoms with Gasteiger partial charge in [-0.3, -0.25) is 0 Å². The quantitative estimate of drug-likeness (QED) is 0.381. The van der Waals surface area contributed by atoms with E-state index < -0.39 is 11.6 Å². The van der Waals surface area contributed by atoms with Gasteiger partial charge in [0.05, 0.1) is 6.61 Å². The van der Waals surface area contributed by atoms with Crippen LogP contribution in [-0.4, -0.2) is 6.61 Å². The minimum Gasteiger partial charge on any atom is -0.494 e. The maximum Gasteiger partial charge on any atom is 0.167 e. The fourth-order valence-electron chi connectivity index (χ4n) is 3.71. The highest BCUT2D eigenvalue weighted by Crippen LogP contribution is 2.41. The van der Waals surface area contributed by atoms with E-state index in [2.05, 4.69) is 13.8 Å². The van der Waals surface area contributed by atoms with Gasteiger partial charge in [0.15, 0.2) is 11.6 Å². The molecule has 0 atom stereocenters. The molecule has 0 fully saturated rings. The molecule has 0 amide bonds. The van der Waals surface area contributed by atoms with Crippen molar-refractivity contribution in [3.05, 3.63) is 52.6 Å². The lowest BCUT2D eigenvalue weighted by Gasteiger charge is -2.10. The molecule has 1 aliphatic carbocycles. The first kappa shape index (κ1) is 18.9. The van der Waals surface area contributed by atoms with E-state index in [1.165, 1.54) is 0 Å². The highest BCUT2D eigenvalue weighted by Gasteiger charge is 2.26. The van der Waals surface area contributed by atoms with Crippen LogP contribution in [0.15, 0.2) is 24.3 Å². The van der Waals surface area contributed by atoms with Crippen molar-refractivity contribution >= 4 is 0 Å². The number of hydrogen-bond acceptors (Lipinski definition) is 1. The van der Waals surface area contributed by atoms with E-state index in [1.54, 1.807) is 0 Å². The molecule has 0 unspecified atom stereocenters. The molecule has 0 heterocycles. The van der Waals surface area contributed by atoms with Crippen LogP contribution in [0.3, 0.4) is 0 Å². The van der Waals surface area contributed by atoms with Crippen molar-refractivity contribution in [2.24, 2.45) is 0 Å². The highest BCUT2D eigenvalue weighted by atomic mass is 19.2. The highest BCUT2D eigenvalue weighted by molar-refractivity contribution is 5.78. The SMILES string of the molecule is CCCCCOc1ccc2c(c1)Cc1cc(CCCCC)c(F)c(F)c1-2. The zero-order valence-electron chi connectivity index (χ0n) is 15.8. The molecule has 3 rings (SSSR count). The Labute approximate surface area is 155 Å². The van der Waals surface area contributed by atoms with E-state index in [0.717, 1.165) is 61.0 Å². The number of halogens is 2. The van der Waals surface area contributed by atoms with Gasteiger partial charge >= 0.3 is 0 Å². The van der Waals surface area contributed by atoms with E-state index in [0.29, 0.717) is 30.6 Å². The Balaban J connectivity index is 1.80. The molecule has 2 aromatic carbocycles. The Morgan fingerprint density at radius 3 is 2.42 bits per heavy atom. The summed E-state index contributed by atoms with van der Waals surface area (Å²) in [6.07, 6.45) is 7.61. The summed E-state index contributed by atoms with van der Waals surface area (Å²) in [6, 6.07) is 7.59. The molecule has 0 radical (unpaired) electrons. The largest absolute Gasteiger partial charge is 0.494 e. The third-order valence-electron chi connectivity index (χ3n) is 5.16. The molecule has 0 spiro atoms. The first-order chi connectivity index (χ1) is 12.7. The smallest absolute Gasteiger partial charge is 0.167 e. The van der Waals surface area contributed by atoms with Crippen LogP contribution in [-0.2, 0) is 12.8 Å². The Bertz CT molecular complexity index is 767. The van der Waals surface area contributed by atoms with Gasteiger partial charge in [0.2, 0.25) is 0 Å². The molecule has 0 saturated carbocycles. The number of hydrogen-bond donors (Lipinski definition) is 0. The lowest BCUT2D eigenvalue weighted by Crippen LogP contribution is -1.99. The van der Waals surface area contributed by atoms with Crippen LogP contribution in [0.25, 0.3) is 11.1 Å². The van der Waals surface area contributed by atoms with Crippen LogP contribution < -0.4 is 4.74 Å². The molecular formula is C23H28F2O. The summed E-state index contributed by atoms with van der Waals surface area (Å²) >= 11 is 0. The molecule has 0 aliphatic heterocycles. The average Bonchev–Trinajstić information content (AvgIpc) is 3.00. The van der Waals surface area contributed by atoms with Crippen LogP contribution in [0.2, 0.25) is 0 Å². The second-order valence-corrected chi connectivity index (χ2v) is 7.21. The van der Waals surface area contributed by atoms with Crippen molar-refractivity contribution in [3.8, 4) is 16.9 Å². The number of rotatable bonds is 9. The molecule has 140 valence electrons. The number of aryl methyl sites for hydroxylation is 1. The van der Waals surface area contributed by atoms with E-state index in [9.17, 15) is 8.78 Å². The lowest BCUT2D eigenvalue weighted by atomic mass is 9.99. The van der Waals surface area contributed by atoms with Gasteiger partial charge in [-0.05, 0) is 60.1 Å². The van der Waals surface area contributed by atoms with Crippen molar-refractivity contribution in [3.63, 3.8) is 0 Å².